The lowest BCUT2D eigenvalue weighted by Gasteiger charge is -2.14. The zero-order chi connectivity index (χ0) is 14.7. The number of hydrogen-bond acceptors (Lipinski definition) is 4. The Morgan fingerprint density at radius 1 is 1.10 bits per heavy atom. The molecule has 1 aromatic rings. The van der Waals surface area contributed by atoms with Crippen molar-refractivity contribution in [1.29, 1.82) is 0 Å². The van der Waals surface area contributed by atoms with Gasteiger partial charge in [-0.3, -0.25) is 14.5 Å². The summed E-state index contributed by atoms with van der Waals surface area (Å²) in [4.78, 5) is 25.1. The van der Waals surface area contributed by atoms with Gasteiger partial charge < -0.3 is 10.5 Å². The second-order valence-corrected chi connectivity index (χ2v) is 5.18. The van der Waals surface area contributed by atoms with Crippen LogP contribution in [0.2, 0.25) is 0 Å². The summed E-state index contributed by atoms with van der Waals surface area (Å²) in [6.07, 6.45) is 0.626. The molecule has 0 aromatic heterocycles. The van der Waals surface area contributed by atoms with E-state index in [0.717, 1.165) is 5.75 Å². The van der Waals surface area contributed by atoms with Gasteiger partial charge in [-0.15, -0.1) is 0 Å². The van der Waals surface area contributed by atoms with E-state index in [9.17, 15) is 9.59 Å². The summed E-state index contributed by atoms with van der Waals surface area (Å²) >= 11 is 0. The first kappa shape index (κ1) is 14.4. The molecule has 1 fully saturated rings. The number of nitrogens with two attached hydrogens (primary N) is 1. The Kier molecular flexibility index (Phi) is 4.27. The van der Waals surface area contributed by atoms with Crippen molar-refractivity contribution in [2.24, 2.45) is 11.8 Å². The Morgan fingerprint density at radius 2 is 1.65 bits per heavy atom. The highest BCUT2D eigenvalue weighted by Gasteiger charge is 2.41. The van der Waals surface area contributed by atoms with Gasteiger partial charge in [0.05, 0.1) is 6.61 Å². The van der Waals surface area contributed by atoms with Crippen molar-refractivity contribution in [2.75, 3.05) is 18.9 Å². The molecule has 1 aliphatic heterocycles. The van der Waals surface area contributed by atoms with Gasteiger partial charge in [0.15, 0.2) is 0 Å². The molecule has 5 nitrogen and oxygen atoms in total. The molecule has 1 aliphatic rings. The third kappa shape index (κ3) is 2.92. The van der Waals surface area contributed by atoms with Gasteiger partial charge in [0.2, 0.25) is 11.8 Å². The van der Waals surface area contributed by atoms with Gasteiger partial charge in [-0.05, 0) is 30.7 Å². The molecule has 20 heavy (non-hydrogen) atoms. The number of amides is 2. The summed E-state index contributed by atoms with van der Waals surface area (Å²) in [7, 11) is 0. The molecule has 0 radical (unpaired) electrons. The number of benzene rings is 1. The highest BCUT2D eigenvalue weighted by Crippen LogP contribution is 2.25. The molecule has 0 bridgehead atoms. The average Bonchev–Trinajstić information content (AvgIpc) is 2.62. The zero-order valence-electron chi connectivity index (χ0n) is 11.8. The summed E-state index contributed by atoms with van der Waals surface area (Å²) < 4.78 is 5.54. The zero-order valence-corrected chi connectivity index (χ0v) is 11.8. The van der Waals surface area contributed by atoms with Gasteiger partial charge >= 0.3 is 0 Å². The Balaban J connectivity index is 1.77. The quantitative estimate of drug-likeness (QED) is 0.504. The van der Waals surface area contributed by atoms with E-state index in [4.69, 9.17) is 10.5 Å². The molecule has 2 unspecified atom stereocenters. The highest BCUT2D eigenvalue weighted by molar-refractivity contribution is 6.04. The predicted octanol–water partition coefficient (Wildman–Crippen LogP) is 1.68. The molecular formula is C15H20N2O3. The molecule has 2 N–H and O–H groups in total. The molecule has 0 spiro atoms. The maximum absolute atomic E-state index is 11.9. The molecule has 1 saturated heterocycles. The molecule has 1 heterocycles. The van der Waals surface area contributed by atoms with Crippen LogP contribution in [0.4, 0.5) is 5.69 Å². The smallest absolute Gasteiger partial charge is 0.232 e. The van der Waals surface area contributed by atoms with Crippen molar-refractivity contribution in [3.8, 4) is 5.75 Å². The van der Waals surface area contributed by atoms with Crippen LogP contribution in [-0.4, -0.2) is 29.9 Å². The van der Waals surface area contributed by atoms with E-state index in [1.165, 1.54) is 4.90 Å². The number of ether oxygens (including phenoxy) is 1. The largest absolute Gasteiger partial charge is 0.494 e. The van der Waals surface area contributed by atoms with E-state index in [1.54, 1.807) is 38.1 Å². The number of likely N-dealkylation sites (tertiary alicyclic amines) is 1. The summed E-state index contributed by atoms with van der Waals surface area (Å²) in [5.74, 6) is 0.172. The number of rotatable bonds is 5. The standard InChI is InChI=1S/C15H20N2O3/c1-10-11(2)15(19)17(14(10)18)8-3-9-20-13-6-4-12(16)5-7-13/h4-7,10-11H,3,8-9,16H2,1-2H3. The van der Waals surface area contributed by atoms with Gasteiger partial charge in [-0.1, -0.05) is 13.8 Å². The van der Waals surface area contributed by atoms with Crippen molar-refractivity contribution in [1.82, 2.24) is 4.90 Å². The second kappa shape index (κ2) is 5.94. The number of nitrogen functional groups attached to an aromatic ring is 1. The lowest BCUT2D eigenvalue weighted by atomic mass is 10.00. The van der Waals surface area contributed by atoms with Gasteiger partial charge in [0.25, 0.3) is 0 Å². The first-order valence-electron chi connectivity index (χ1n) is 6.84. The molecule has 0 saturated carbocycles. The Morgan fingerprint density at radius 3 is 2.20 bits per heavy atom. The van der Waals surface area contributed by atoms with Crippen LogP contribution in [0.15, 0.2) is 24.3 Å². The fraction of sp³-hybridized carbons (Fsp3) is 0.467. The van der Waals surface area contributed by atoms with E-state index in [0.29, 0.717) is 25.3 Å². The predicted molar refractivity (Wildman–Crippen MR) is 76.0 cm³/mol. The maximum atomic E-state index is 11.9. The van der Waals surface area contributed by atoms with E-state index in [1.807, 2.05) is 0 Å². The third-order valence-corrected chi connectivity index (χ3v) is 3.74. The lowest BCUT2D eigenvalue weighted by molar-refractivity contribution is -0.139. The summed E-state index contributed by atoms with van der Waals surface area (Å²) in [5, 5.41) is 0. The first-order chi connectivity index (χ1) is 9.50. The monoisotopic (exact) mass is 276 g/mol. The minimum absolute atomic E-state index is 0.0741. The van der Waals surface area contributed by atoms with Crippen molar-refractivity contribution < 1.29 is 14.3 Å². The maximum Gasteiger partial charge on any atom is 0.232 e. The van der Waals surface area contributed by atoms with E-state index >= 15 is 0 Å². The van der Waals surface area contributed by atoms with Crippen molar-refractivity contribution >= 4 is 17.5 Å². The van der Waals surface area contributed by atoms with Crippen LogP contribution in [0.5, 0.6) is 5.75 Å². The molecule has 1 aromatic carbocycles. The van der Waals surface area contributed by atoms with Gasteiger partial charge in [0, 0.05) is 24.1 Å². The van der Waals surface area contributed by atoms with E-state index in [2.05, 4.69) is 0 Å². The van der Waals surface area contributed by atoms with Crippen LogP contribution >= 0.6 is 0 Å². The third-order valence-electron chi connectivity index (χ3n) is 3.74. The van der Waals surface area contributed by atoms with Crippen LogP contribution in [0.3, 0.4) is 0 Å². The Bertz CT molecular complexity index is 478. The van der Waals surface area contributed by atoms with Crippen LogP contribution < -0.4 is 10.5 Å². The molecule has 2 amide bonds. The summed E-state index contributed by atoms with van der Waals surface area (Å²) in [5.41, 5.74) is 6.27. The fourth-order valence-corrected chi connectivity index (χ4v) is 2.23. The second-order valence-electron chi connectivity index (χ2n) is 5.18. The average molecular weight is 276 g/mol. The van der Waals surface area contributed by atoms with E-state index in [-0.39, 0.29) is 23.7 Å². The van der Waals surface area contributed by atoms with Crippen molar-refractivity contribution in [3.63, 3.8) is 0 Å². The first-order valence-corrected chi connectivity index (χ1v) is 6.84. The van der Waals surface area contributed by atoms with Gasteiger partial charge in [0.1, 0.15) is 5.75 Å². The highest BCUT2D eigenvalue weighted by atomic mass is 16.5. The molecule has 108 valence electrons. The lowest BCUT2D eigenvalue weighted by Crippen LogP contribution is -2.32. The molecule has 2 rings (SSSR count). The van der Waals surface area contributed by atoms with Gasteiger partial charge in [-0.25, -0.2) is 0 Å². The number of anilines is 1. The minimum atomic E-state index is -0.208. The van der Waals surface area contributed by atoms with Crippen molar-refractivity contribution in [3.05, 3.63) is 24.3 Å². The Labute approximate surface area is 118 Å². The normalized spacial score (nSPS) is 22.4. The number of carbonyl (C=O) groups is 2. The topological polar surface area (TPSA) is 72.6 Å². The van der Waals surface area contributed by atoms with Crippen LogP contribution in [0, 0.1) is 11.8 Å². The summed E-state index contributed by atoms with van der Waals surface area (Å²) in [6, 6.07) is 7.13. The number of carbonyl (C=O) groups excluding carboxylic acids is 2. The van der Waals surface area contributed by atoms with Crippen LogP contribution in [0.25, 0.3) is 0 Å². The molecule has 2 atom stereocenters. The number of nitrogens with zero attached hydrogens (tertiary/aromatic N) is 1. The van der Waals surface area contributed by atoms with Gasteiger partial charge in [-0.2, -0.15) is 0 Å². The molecule has 5 heteroatoms. The van der Waals surface area contributed by atoms with E-state index < -0.39 is 0 Å². The molecular weight excluding hydrogens is 256 g/mol. The summed E-state index contributed by atoms with van der Waals surface area (Å²) in [6.45, 7) is 4.48. The van der Waals surface area contributed by atoms with Crippen molar-refractivity contribution in [2.45, 2.75) is 20.3 Å². The Hall–Kier alpha value is -2.04. The van der Waals surface area contributed by atoms with Crippen LogP contribution in [0.1, 0.15) is 20.3 Å². The minimum Gasteiger partial charge on any atom is -0.494 e. The number of imide groups is 1. The SMILES string of the molecule is CC1C(=O)N(CCCOc2ccc(N)cc2)C(=O)C1C. The molecule has 0 aliphatic carbocycles. The van der Waals surface area contributed by atoms with Crippen LogP contribution in [-0.2, 0) is 9.59 Å². The fourth-order valence-electron chi connectivity index (χ4n) is 2.23. The number of hydrogen-bond donors (Lipinski definition) is 1.